The van der Waals surface area contributed by atoms with Crippen LogP contribution in [0.25, 0.3) is 4.96 Å². The number of imidazole rings is 1. The SMILES string of the molecule is Cc1cn2nc(N3CCO[C@@H](Cn4cccn4)C3)sc2n1. The first-order chi connectivity index (χ1) is 10.3. The summed E-state index contributed by atoms with van der Waals surface area (Å²) in [5, 5.41) is 9.85. The van der Waals surface area contributed by atoms with Gasteiger partial charge in [0.05, 0.1) is 31.1 Å². The predicted molar refractivity (Wildman–Crippen MR) is 79.8 cm³/mol. The summed E-state index contributed by atoms with van der Waals surface area (Å²) in [5.41, 5.74) is 0.999. The van der Waals surface area contributed by atoms with Gasteiger partial charge in [-0.25, -0.2) is 9.50 Å². The van der Waals surface area contributed by atoms with Crippen molar-refractivity contribution in [1.82, 2.24) is 24.4 Å². The zero-order valence-corrected chi connectivity index (χ0v) is 12.5. The van der Waals surface area contributed by atoms with Gasteiger partial charge in [0.15, 0.2) is 0 Å². The van der Waals surface area contributed by atoms with Crippen molar-refractivity contribution < 1.29 is 4.74 Å². The zero-order chi connectivity index (χ0) is 14.2. The van der Waals surface area contributed by atoms with E-state index < -0.39 is 0 Å². The van der Waals surface area contributed by atoms with Crippen molar-refractivity contribution in [2.75, 3.05) is 24.6 Å². The second-order valence-electron chi connectivity index (χ2n) is 5.16. The number of aromatic nitrogens is 5. The molecule has 0 amide bonds. The van der Waals surface area contributed by atoms with Gasteiger partial charge < -0.3 is 9.64 Å². The van der Waals surface area contributed by atoms with Crippen LogP contribution in [0.15, 0.2) is 24.7 Å². The Labute approximate surface area is 125 Å². The van der Waals surface area contributed by atoms with Gasteiger partial charge in [0.1, 0.15) is 0 Å². The number of rotatable bonds is 3. The minimum absolute atomic E-state index is 0.136. The number of aryl methyl sites for hydroxylation is 1. The third-order valence-corrected chi connectivity index (χ3v) is 4.50. The number of fused-ring (bicyclic) bond motifs is 1. The van der Waals surface area contributed by atoms with Crippen LogP contribution in [-0.4, -0.2) is 50.2 Å². The highest BCUT2D eigenvalue weighted by molar-refractivity contribution is 7.20. The molecule has 0 spiro atoms. The average molecular weight is 304 g/mol. The molecule has 110 valence electrons. The quantitative estimate of drug-likeness (QED) is 0.728. The van der Waals surface area contributed by atoms with E-state index in [1.807, 2.05) is 34.6 Å². The number of ether oxygens (including phenoxy) is 1. The van der Waals surface area contributed by atoms with Crippen LogP contribution < -0.4 is 4.90 Å². The first-order valence-electron chi connectivity index (χ1n) is 6.95. The molecule has 0 unspecified atom stereocenters. The van der Waals surface area contributed by atoms with Gasteiger partial charge in [-0.3, -0.25) is 4.68 Å². The van der Waals surface area contributed by atoms with E-state index in [0.717, 1.165) is 35.4 Å². The smallest absolute Gasteiger partial charge is 0.214 e. The van der Waals surface area contributed by atoms with Gasteiger partial charge in [-0.2, -0.15) is 5.10 Å². The Hall–Kier alpha value is -1.93. The standard InChI is InChI=1S/C13H16N6OS/c1-10-7-19-12(15-10)21-13(16-19)17-5-6-20-11(8-17)9-18-4-2-3-14-18/h2-4,7,11H,5-6,8-9H2,1H3/t11-/m1/s1. The first-order valence-corrected chi connectivity index (χ1v) is 7.76. The summed E-state index contributed by atoms with van der Waals surface area (Å²) in [6.45, 7) is 5.16. The van der Waals surface area contributed by atoms with Crippen molar-refractivity contribution in [2.24, 2.45) is 0 Å². The lowest BCUT2D eigenvalue weighted by Gasteiger charge is -2.32. The summed E-state index contributed by atoms with van der Waals surface area (Å²) < 4.78 is 9.59. The molecule has 1 aliphatic heterocycles. The zero-order valence-electron chi connectivity index (χ0n) is 11.7. The normalized spacial score (nSPS) is 19.5. The van der Waals surface area contributed by atoms with Gasteiger partial charge in [0.25, 0.3) is 0 Å². The van der Waals surface area contributed by atoms with Crippen LogP contribution >= 0.6 is 11.3 Å². The van der Waals surface area contributed by atoms with E-state index in [9.17, 15) is 0 Å². The van der Waals surface area contributed by atoms with Gasteiger partial charge in [-0.05, 0) is 13.0 Å². The van der Waals surface area contributed by atoms with E-state index in [1.54, 1.807) is 17.5 Å². The molecule has 0 radical (unpaired) electrons. The Morgan fingerprint density at radius 1 is 1.48 bits per heavy atom. The third-order valence-electron chi connectivity index (χ3n) is 3.51. The second-order valence-corrected chi connectivity index (χ2v) is 6.10. The molecule has 8 heteroatoms. The van der Waals surface area contributed by atoms with Gasteiger partial charge in [-0.1, -0.05) is 11.3 Å². The number of nitrogens with zero attached hydrogens (tertiary/aromatic N) is 6. The molecule has 0 N–H and O–H groups in total. The molecule has 4 rings (SSSR count). The Balaban J connectivity index is 1.50. The Morgan fingerprint density at radius 2 is 2.43 bits per heavy atom. The van der Waals surface area contributed by atoms with Gasteiger partial charge >= 0.3 is 0 Å². The highest BCUT2D eigenvalue weighted by Gasteiger charge is 2.24. The molecule has 1 atom stereocenters. The summed E-state index contributed by atoms with van der Waals surface area (Å²) in [7, 11) is 0. The Bertz CT molecular complexity index is 702. The van der Waals surface area contributed by atoms with E-state index >= 15 is 0 Å². The molecule has 1 aliphatic rings. The summed E-state index contributed by atoms with van der Waals surface area (Å²) in [6.07, 6.45) is 5.84. The third kappa shape index (κ3) is 2.52. The molecule has 1 saturated heterocycles. The molecular weight excluding hydrogens is 288 g/mol. The second kappa shape index (κ2) is 5.12. The van der Waals surface area contributed by atoms with Crippen LogP contribution in [-0.2, 0) is 11.3 Å². The number of hydrogen-bond donors (Lipinski definition) is 0. The fourth-order valence-electron chi connectivity index (χ4n) is 2.55. The molecule has 3 aromatic heterocycles. The predicted octanol–water partition coefficient (Wildman–Crippen LogP) is 1.20. The van der Waals surface area contributed by atoms with Crippen LogP contribution in [0.5, 0.6) is 0 Å². The molecule has 7 nitrogen and oxygen atoms in total. The molecule has 1 fully saturated rings. The molecule has 21 heavy (non-hydrogen) atoms. The van der Waals surface area contributed by atoms with Crippen molar-refractivity contribution in [3.8, 4) is 0 Å². The first kappa shape index (κ1) is 12.8. The van der Waals surface area contributed by atoms with Crippen molar-refractivity contribution in [3.63, 3.8) is 0 Å². The minimum Gasteiger partial charge on any atom is -0.373 e. The largest absolute Gasteiger partial charge is 0.373 e. The average Bonchev–Trinajstić information content (AvgIpc) is 3.15. The topological polar surface area (TPSA) is 60.5 Å². The lowest BCUT2D eigenvalue weighted by Crippen LogP contribution is -2.44. The van der Waals surface area contributed by atoms with E-state index in [0.29, 0.717) is 6.61 Å². The molecule has 3 aromatic rings. The highest BCUT2D eigenvalue weighted by Crippen LogP contribution is 2.25. The van der Waals surface area contributed by atoms with Gasteiger partial charge in [0.2, 0.25) is 10.1 Å². The summed E-state index contributed by atoms with van der Waals surface area (Å²) in [5.74, 6) is 0. The number of morpholine rings is 1. The highest BCUT2D eigenvalue weighted by atomic mass is 32.1. The fraction of sp³-hybridized carbons (Fsp3) is 0.462. The van der Waals surface area contributed by atoms with Crippen molar-refractivity contribution in [3.05, 3.63) is 30.4 Å². The van der Waals surface area contributed by atoms with Crippen LogP contribution in [0.3, 0.4) is 0 Å². The van der Waals surface area contributed by atoms with E-state index in [4.69, 9.17) is 4.74 Å². The van der Waals surface area contributed by atoms with Crippen molar-refractivity contribution in [2.45, 2.75) is 19.6 Å². The van der Waals surface area contributed by atoms with Gasteiger partial charge in [-0.15, -0.1) is 5.10 Å². The van der Waals surface area contributed by atoms with E-state index in [-0.39, 0.29) is 6.10 Å². The van der Waals surface area contributed by atoms with Crippen molar-refractivity contribution in [1.29, 1.82) is 0 Å². The van der Waals surface area contributed by atoms with Crippen LogP contribution in [0.2, 0.25) is 0 Å². The maximum absolute atomic E-state index is 5.83. The maximum Gasteiger partial charge on any atom is 0.214 e. The van der Waals surface area contributed by atoms with Crippen LogP contribution in [0.4, 0.5) is 5.13 Å². The minimum atomic E-state index is 0.136. The molecule has 0 bridgehead atoms. The Morgan fingerprint density at radius 3 is 3.24 bits per heavy atom. The monoisotopic (exact) mass is 304 g/mol. The fourth-order valence-corrected chi connectivity index (χ4v) is 3.51. The van der Waals surface area contributed by atoms with E-state index in [2.05, 4.69) is 20.1 Å². The summed E-state index contributed by atoms with van der Waals surface area (Å²) in [4.78, 5) is 7.67. The maximum atomic E-state index is 5.83. The molecule has 0 saturated carbocycles. The van der Waals surface area contributed by atoms with Crippen LogP contribution in [0, 0.1) is 6.92 Å². The summed E-state index contributed by atoms with van der Waals surface area (Å²) >= 11 is 1.62. The van der Waals surface area contributed by atoms with E-state index in [1.165, 1.54) is 0 Å². The molecular formula is C13H16N6OS. The number of anilines is 1. The molecule has 0 aliphatic carbocycles. The molecule has 4 heterocycles. The Kier molecular flexibility index (Phi) is 3.12. The number of hydrogen-bond acceptors (Lipinski definition) is 6. The summed E-state index contributed by atoms with van der Waals surface area (Å²) in [6, 6.07) is 1.93. The van der Waals surface area contributed by atoms with Gasteiger partial charge in [0, 0.05) is 25.5 Å². The van der Waals surface area contributed by atoms with Crippen LogP contribution in [0.1, 0.15) is 5.69 Å². The van der Waals surface area contributed by atoms with Crippen molar-refractivity contribution >= 4 is 21.4 Å². The molecule has 0 aromatic carbocycles. The lowest BCUT2D eigenvalue weighted by molar-refractivity contribution is 0.0274. The lowest BCUT2D eigenvalue weighted by atomic mass is 10.3.